The Morgan fingerprint density at radius 1 is 1.55 bits per heavy atom. The van der Waals surface area contributed by atoms with E-state index in [0.717, 1.165) is 11.1 Å². The molecule has 2 aliphatic heterocycles. The summed E-state index contributed by atoms with van der Waals surface area (Å²) in [5, 5.41) is 10.8. The molecule has 0 radical (unpaired) electrons. The van der Waals surface area contributed by atoms with Crippen molar-refractivity contribution in [1.82, 2.24) is 0 Å². The van der Waals surface area contributed by atoms with Crippen molar-refractivity contribution in [2.45, 2.75) is 0 Å². The number of fused-ring (bicyclic) bond motifs is 1. The van der Waals surface area contributed by atoms with Crippen LogP contribution in [0, 0.1) is 5.21 Å². The van der Waals surface area contributed by atoms with E-state index in [1.54, 1.807) is 12.3 Å². The first kappa shape index (κ1) is 6.33. The summed E-state index contributed by atoms with van der Waals surface area (Å²) in [4.78, 5) is 3.88. The van der Waals surface area contributed by atoms with Crippen LogP contribution in [0.1, 0.15) is 0 Å². The number of hydroxylamine groups is 2. The molecule has 2 aliphatic rings. The lowest BCUT2D eigenvalue weighted by Crippen LogP contribution is -2.97. The second-order valence-corrected chi connectivity index (χ2v) is 2.39. The Bertz CT molecular complexity index is 312. The van der Waals surface area contributed by atoms with E-state index < -0.39 is 0 Å². The van der Waals surface area contributed by atoms with Crippen molar-refractivity contribution in [1.29, 1.82) is 0 Å². The molecular formula is C7H7N3O. The van der Waals surface area contributed by atoms with Gasteiger partial charge in [0.15, 0.2) is 0 Å². The number of nitrogens with zero attached hydrogens (tertiary/aromatic N) is 1. The highest BCUT2D eigenvalue weighted by Crippen LogP contribution is 2.17. The minimum atomic E-state index is -0.0304. The van der Waals surface area contributed by atoms with Crippen molar-refractivity contribution in [3.05, 3.63) is 41.0 Å². The maximum atomic E-state index is 10.9. The smallest absolute Gasteiger partial charge is 0.136 e. The summed E-state index contributed by atoms with van der Waals surface area (Å²) in [6, 6.07) is 0. The van der Waals surface area contributed by atoms with Crippen LogP contribution in [0.4, 0.5) is 0 Å². The molecular weight excluding hydrogens is 142 g/mol. The van der Waals surface area contributed by atoms with Crippen molar-refractivity contribution >= 4 is 5.84 Å². The van der Waals surface area contributed by atoms with Crippen LogP contribution in [0.3, 0.4) is 0 Å². The number of nitrogens with one attached hydrogen (secondary N) is 1. The average Bonchev–Trinajstić information content (AvgIpc) is 2.33. The van der Waals surface area contributed by atoms with Gasteiger partial charge in [-0.1, -0.05) is 0 Å². The van der Waals surface area contributed by atoms with Gasteiger partial charge in [0.25, 0.3) is 0 Å². The Hall–Kier alpha value is -1.39. The van der Waals surface area contributed by atoms with Crippen molar-refractivity contribution in [3.63, 3.8) is 0 Å². The third-order valence-corrected chi connectivity index (χ3v) is 1.64. The maximum absolute atomic E-state index is 10.9. The number of allylic oxidation sites excluding steroid dienone is 1. The Morgan fingerprint density at radius 2 is 2.36 bits per heavy atom. The number of hydrogen-bond donors (Lipinski definition) is 2. The molecule has 56 valence electrons. The van der Waals surface area contributed by atoms with Gasteiger partial charge < -0.3 is 16.0 Å². The zero-order valence-corrected chi connectivity index (χ0v) is 5.74. The highest BCUT2D eigenvalue weighted by molar-refractivity contribution is 6.04. The van der Waals surface area contributed by atoms with Crippen LogP contribution in [0.2, 0.25) is 0 Å². The van der Waals surface area contributed by atoms with E-state index in [0.29, 0.717) is 5.84 Å². The molecule has 0 aromatic rings. The number of nitrogens with two attached hydrogens (primary N) is 1. The molecule has 11 heavy (non-hydrogen) atoms. The van der Waals surface area contributed by atoms with E-state index in [9.17, 15) is 5.21 Å². The fourth-order valence-corrected chi connectivity index (χ4v) is 1.08. The van der Waals surface area contributed by atoms with Gasteiger partial charge >= 0.3 is 0 Å². The largest absolute Gasteiger partial charge is 0.624 e. The van der Waals surface area contributed by atoms with E-state index in [2.05, 4.69) is 4.99 Å². The quantitative estimate of drug-likeness (QED) is 0.435. The Kier molecular flexibility index (Phi) is 1.18. The van der Waals surface area contributed by atoms with E-state index in [-0.39, 0.29) is 5.06 Å². The van der Waals surface area contributed by atoms with E-state index in [1.165, 1.54) is 12.4 Å². The van der Waals surface area contributed by atoms with Crippen molar-refractivity contribution in [3.8, 4) is 0 Å². The molecule has 0 fully saturated rings. The number of rotatable bonds is 0. The van der Waals surface area contributed by atoms with Gasteiger partial charge in [0.2, 0.25) is 0 Å². The molecule has 1 unspecified atom stereocenters. The number of aliphatic imine (C=N–C) groups is 1. The molecule has 0 aromatic carbocycles. The van der Waals surface area contributed by atoms with E-state index in [1.807, 2.05) is 0 Å². The van der Waals surface area contributed by atoms with Crippen LogP contribution in [0.15, 0.2) is 40.8 Å². The van der Waals surface area contributed by atoms with Crippen LogP contribution in [-0.4, -0.2) is 5.84 Å². The summed E-state index contributed by atoms with van der Waals surface area (Å²) in [5.41, 5.74) is 7.16. The summed E-state index contributed by atoms with van der Waals surface area (Å²) >= 11 is 0. The Labute approximate surface area is 63.6 Å². The molecule has 4 nitrogen and oxygen atoms in total. The van der Waals surface area contributed by atoms with Crippen LogP contribution in [0.25, 0.3) is 0 Å². The van der Waals surface area contributed by atoms with Gasteiger partial charge in [-0.05, 0) is 0 Å². The minimum absolute atomic E-state index is 0.0304. The summed E-state index contributed by atoms with van der Waals surface area (Å²) in [5.74, 6) is 0.428. The summed E-state index contributed by atoms with van der Waals surface area (Å²) in [7, 11) is 0. The van der Waals surface area contributed by atoms with Crippen molar-refractivity contribution in [2.24, 2.45) is 10.7 Å². The van der Waals surface area contributed by atoms with E-state index in [4.69, 9.17) is 5.73 Å². The topological polar surface area (TPSA) is 65.9 Å². The number of amidine groups is 1. The maximum Gasteiger partial charge on any atom is 0.136 e. The predicted octanol–water partition coefficient (Wildman–Crippen LogP) is -0.965. The second-order valence-electron chi connectivity index (χ2n) is 2.39. The first-order valence-corrected chi connectivity index (χ1v) is 3.25. The molecule has 2 rings (SSSR count). The number of hydrogen-bond acceptors (Lipinski definition) is 3. The van der Waals surface area contributed by atoms with Gasteiger partial charge in [-0.25, -0.2) is 4.99 Å². The molecule has 0 bridgehead atoms. The first-order valence-electron chi connectivity index (χ1n) is 3.25. The van der Waals surface area contributed by atoms with Gasteiger partial charge in [0.1, 0.15) is 12.0 Å². The predicted molar refractivity (Wildman–Crippen MR) is 41.3 cm³/mol. The normalized spacial score (nSPS) is 27.4. The molecule has 4 heteroatoms. The SMILES string of the molecule is NC1=NC=C2C=C[NH+]([O-])C=C21. The zero-order chi connectivity index (χ0) is 7.84. The van der Waals surface area contributed by atoms with Gasteiger partial charge in [0, 0.05) is 17.8 Å². The molecule has 2 heterocycles. The van der Waals surface area contributed by atoms with Gasteiger partial charge in [-0.15, -0.1) is 0 Å². The minimum Gasteiger partial charge on any atom is -0.624 e. The molecule has 0 aliphatic carbocycles. The zero-order valence-electron chi connectivity index (χ0n) is 5.74. The summed E-state index contributed by atoms with van der Waals surface area (Å²) in [6.07, 6.45) is 6.38. The molecule has 0 spiro atoms. The van der Waals surface area contributed by atoms with E-state index >= 15 is 0 Å². The molecule has 1 atom stereocenters. The second kappa shape index (κ2) is 2.05. The fourth-order valence-electron chi connectivity index (χ4n) is 1.08. The Morgan fingerprint density at radius 3 is 3.18 bits per heavy atom. The molecule has 0 saturated heterocycles. The van der Waals surface area contributed by atoms with Gasteiger partial charge in [-0.3, -0.25) is 0 Å². The first-order chi connectivity index (χ1) is 5.27. The summed E-state index contributed by atoms with van der Waals surface area (Å²) < 4.78 is 0. The lowest BCUT2D eigenvalue weighted by atomic mass is 10.1. The van der Waals surface area contributed by atoms with Gasteiger partial charge in [-0.2, -0.15) is 0 Å². The number of quaternary nitrogens is 1. The highest BCUT2D eigenvalue weighted by Gasteiger charge is 2.17. The van der Waals surface area contributed by atoms with Crippen molar-refractivity contribution in [2.75, 3.05) is 0 Å². The monoisotopic (exact) mass is 149 g/mol. The molecule has 0 aromatic heterocycles. The van der Waals surface area contributed by atoms with Crippen LogP contribution >= 0.6 is 0 Å². The van der Waals surface area contributed by atoms with Crippen molar-refractivity contribution < 1.29 is 5.06 Å². The van der Waals surface area contributed by atoms with Gasteiger partial charge in [0.05, 0.1) is 11.8 Å². The molecule has 3 N–H and O–H groups in total. The van der Waals surface area contributed by atoms with Crippen LogP contribution in [0.5, 0.6) is 0 Å². The fraction of sp³-hybridized carbons (Fsp3) is 0. The van der Waals surface area contributed by atoms with Crippen LogP contribution < -0.4 is 10.8 Å². The highest BCUT2D eigenvalue weighted by atomic mass is 16.5. The molecule has 0 amide bonds. The third kappa shape index (κ3) is 0.886. The third-order valence-electron chi connectivity index (χ3n) is 1.64. The summed E-state index contributed by atoms with van der Waals surface area (Å²) in [6.45, 7) is 0. The van der Waals surface area contributed by atoms with Crippen LogP contribution in [-0.2, 0) is 0 Å². The molecule has 0 saturated carbocycles. The lowest BCUT2D eigenvalue weighted by Gasteiger charge is -2.16. The average molecular weight is 149 g/mol. The lowest BCUT2D eigenvalue weighted by molar-refractivity contribution is -0.731. The standard InChI is InChI=1S/C7H7N3O/c8-7-6-4-10(11)2-1-5(6)3-9-7/h1-4,10H,(H2,8,9). The Balaban J connectivity index is 2.43.